The van der Waals surface area contributed by atoms with Crippen LogP contribution in [-0.4, -0.2) is 6.29 Å². The predicted octanol–water partition coefficient (Wildman–Crippen LogP) is 1.34. The second-order valence-electron chi connectivity index (χ2n) is 0.704. The zero-order chi connectivity index (χ0) is 5.41. The van der Waals surface area contributed by atoms with Crippen molar-refractivity contribution in [3.05, 3.63) is 6.92 Å². The summed E-state index contributed by atoms with van der Waals surface area (Å²) < 4.78 is 0. The molecule has 7 heavy (non-hydrogen) atoms. The van der Waals surface area contributed by atoms with Gasteiger partial charge < -0.3 is 11.7 Å². The van der Waals surface area contributed by atoms with Gasteiger partial charge in [-0.3, -0.25) is 6.29 Å². The summed E-state index contributed by atoms with van der Waals surface area (Å²) in [7, 11) is 0. The molecule has 0 atom stereocenters. The standard InChI is InChI=1S/C3H7.C2H3O.Ir/c1-3-2;1-2-3;/h1,3H2,2H3;1H3;/q2*-1;. The molecule has 1 radical (unpaired) electrons. The largest absolute Gasteiger partial charge is 0.542 e. The molecular formula is C5H10IrO-2. The summed E-state index contributed by atoms with van der Waals surface area (Å²) in [6.45, 7) is 6.82. The van der Waals surface area contributed by atoms with Crippen LogP contribution in [0.1, 0.15) is 20.3 Å². The third-order valence-corrected chi connectivity index (χ3v) is 0. The molecule has 0 fully saturated rings. The summed E-state index contributed by atoms with van der Waals surface area (Å²) in [6, 6.07) is 0. The van der Waals surface area contributed by atoms with E-state index in [1.165, 1.54) is 13.2 Å². The molecule has 0 rings (SSSR count). The average molecular weight is 278 g/mol. The molecular weight excluding hydrogens is 268 g/mol. The van der Waals surface area contributed by atoms with Gasteiger partial charge in [0.2, 0.25) is 0 Å². The van der Waals surface area contributed by atoms with Gasteiger partial charge in [-0.1, -0.05) is 6.92 Å². The fourth-order valence-electron chi connectivity index (χ4n) is 0. The van der Waals surface area contributed by atoms with Gasteiger partial charge in [-0.25, -0.2) is 0 Å². The molecule has 0 saturated carbocycles. The van der Waals surface area contributed by atoms with Gasteiger partial charge in [0.15, 0.2) is 0 Å². The van der Waals surface area contributed by atoms with Crippen molar-refractivity contribution >= 4 is 6.29 Å². The summed E-state index contributed by atoms with van der Waals surface area (Å²) in [6.07, 6.45) is 2.50. The van der Waals surface area contributed by atoms with Crippen molar-refractivity contribution in [2.24, 2.45) is 0 Å². The Kier molecular flexibility index (Phi) is 74.4. The zero-order valence-corrected chi connectivity index (χ0v) is 7.05. The Balaban J connectivity index is -0.0000000400. The smallest absolute Gasteiger partial charge is 0 e. The SMILES string of the molecule is C[C-]=O.[CH2-]CC.[Ir]. The molecule has 2 heteroatoms. The minimum Gasteiger partial charge on any atom is -0.542 e. The van der Waals surface area contributed by atoms with Crippen LogP contribution in [0.25, 0.3) is 0 Å². The van der Waals surface area contributed by atoms with E-state index in [-0.39, 0.29) is 20.1 Å². The number of hydrogen-bond acceptors (Lipinski definition) is 1. The monoisotopic (exact) mass is 279 g/mol. The van der Waals surface area contributed by atoms with Gasteiger partial charge in [-0.05, 0) is 0 Å². The summed E-state index contributed by atoms with van der Waals surface area (Å²) in [5, 5.41) is 0. The van der Waals surface area contributed by atoms with E-state index in [4.69, 9.17) is 4.79 Å². The van der Waals surface area contributed by atoms with Crippen LogP contribution in [0.5, 0.6) is 0 Å². The molecule has 47 valence electrons. The summed E-state index contributed by atoms with van der Waals surface area (Å²) in [4.78, 5) is 8.68. The molecule has 0 aromatic rings. The van der Waals surface area contributed by atoms with Crippen LogP contribution in [0.3, 0.4) is 0 Å². The molecule has 0 aliphatic heterocycles. The van der Waals surface area contributed by atoms with Crippen LogP contribution in [0.15, 0.2) is 0 Å². The van der Waals surface area contributed by atoms with Gasteiger partial charge in [0.1, 0.15) is 0 Å². The Morgan fingerprint density at radius 2 is 1.71 bits per heavy atom. The van der Waals surface area contributed by atoms with Crippen LogP contribution >= 0.6 is 0 Å². The Morgan fingerprint density at radius 3 is 1.71 bits per heavy atom. The summed E-state index contributed by atoms with van der Waals surface area (Å²) in [5.74, 6) is 0. The van der Waals surface area contributed by atoms with Crippen molar-refractivity contribution in [3.8, 4) is 0 Å². The van der Waals surface area contributed by atoms with Gasteiger partial charge in [-0.2, -0.15) is 13.3 Å². The number of carbonyl (C=O) groups excluding carboxylic acids is 1. The van der Waals surface area contributed by atoms with Gasteiger partial charge in [0, 0.05) is 20.1 Å². The third-order valence-electron chi connectivity index (χ3n) is 0. The second kappa shape index (κ2) is 33.2. The van der Waals surface area contributed by atoms with E-state index in [0.29, 0.717) is 0 Å². The fraction of sp³-hybridized carbons (Fsp3) is 0.600. The molecule has 0 bridgehead atoms. The van der Waals surface area contributed by atoms with E-state index >= 15 is 0 Å². The van der Waals surface area contributed by atoms with Gasteiger partial charge >= 0.3 is 0 Å². The van der Waals surface area contributed by atoms with Gasteiger partial charge in [0.05, 0.1) is 0 Å². The van der Waals surface area contributed by atoms with E-state index in [1.54, 1.807) is 0 Å². The third kappa shape index (κ3) is 1160. The first-order valence-corrected chi connectivity index (χ1v) is 1.91. The van der Waals surface area contributed by atoms with Crippen molar-refractivity contribution in [3.63, 3.8) is 0 Å². The second-order valence-corrected chi connectivity index (χ2v) is 0.704. The molecule has 0 unspecified atom stereocenters. The Morgan fingerprint density at radius 1 is 1.71 bits per heavy atom. The first-order valence-electron chi connectivity index (χ1n) is 1.91. The molecule has 0 aliphatic rings. The van der Waals surface area contributed by atoms with Crippen LogP contribution < -0.4 is 0 Å². The molecule has 0 aromatic heterocycles. The maximum absolute atomic E-state index is 8.68. The van der Waals surface area contributed by atoms with Crippen LogP contribution in [0.2, 0.25) is 0 Å². The van der Waals surface area contributed by atoms with Crippen molar-refractivity contribution in [2.75, 3.05) is 0 Å². The van der Waals surface area contributed by atoms with Crippen molar-refractivity contribution in [1.29, 1.82) is 0 Å². The van der Waals surface area contributed by atoms with Crippen LogP contribution in [0.4, 0.5) is 0 Å². The summed E-state index contributed by atoms with van der Waals surface area (Å²) in [5.41, 5.74) is 0. The Hall–Kier alpha value is 0.319. The number of hydrogen-bond donors (Lipinski definition) is 0. The van der Waals surface area contributed by atoms with Crippen LogP contribution in [-0.2, 0) is 24.9 Å². The zero-order valence-electron chi connectivity index (χ0n) is 4.66. The van der Waals surface area contributed by atoms with E-state index in [9.17, 15) is 0 Å². The van der Waals surface area contributed by atoms with E-state index in [1.807, 2.05) is 6.92 Å². The van der Waals surface area contributed by atoms with Gasteiger partial charge in [0.25, 0.3) is 0 Å². The molecule has 1 nitrogen and oxygen atoms in total. The topological polar surface area (TPSA) is 17.1 Å². The number of rotatable bonds is 0. The van der Waals surface area contributed by atoms with E-state index < -0.39 is 0 Å². The van der Waals surface area contributed by atoms with E-state index in [0.717, 1.165) is 6.42 Å². The minimum absolute atomic E-state index is 0. The molecule has 0 N–H and O–H groups in total. The Labute approximate surface area is 58.8 Å². The maximum Gasteiger partial charge on any atom is 0 e. The van der Waals surface area contributed by atoms with Crippen LogP contribution in [0, 0.1) is 6.92 Å². The molecule has 0 aromatic carbocycles. The maximum atomic E-state index is 8.68. The minimum atomic E-state index is 0. The molecule has 0 spiro atoms. The average Bonchev–Trinajstić information content (AvgIpc) is 1.39. The fourth-order valence-corrected chi connectivity index (χ4v) is 0. The van der Waals surface area contributed by atoms with Crippen molar-refractivity contribution in [1.82, 2.24) is 0 Å². The van der Waals surface area contributed by atoms with Gasteiger partial charge in [-0.15, -0.1) is 0 Å². The Bertz CT molecular complexity index is 22.0. The first kappa shape index (κ1) is 15.7. The molecule has 0 amide bonds. The molecule has 0 heterocycles. The predicted molar refractivity (Wildman–Crippen MR) is 27.0 cm³/mol. The normalized spacial score (nSPS) is 4.43. The molecule has 0 aliphatic carbocycles. The first-order chi connectivity index (χ1) is 2.83. The molecule has 0 saturated heterocycles. The van der Waals surface area contributed by atoms with Crippen molar-refractivity contribution in [2.45, 2.75) is 20.3 Å². The summed E-state index contributed by atoms with van der Waals surface area (Å²) >= 11 is 0. The quantitative estimate of drug-likeness (QED) is 0.611. The van der Waals surface area contributed by atoms with E-state index in [2.05, 4.69) is 6.92 Å². The van der Waals surface area contributed by atoms with Crippen molar-refractivity contribution < 1.29 is 24.9 Å².